The van der Waals surface area contributed by atoms with Crippen molar-refractivity contribution in [3.63, 3.8) is 0 Å². The van der Waals surface area contributed by atoms with Crippen LogP contribution in [0.2, 0.25) is 0 Å². The molecule has 0 aliphatic carbocycles. The molecule has 0 aliphatic heterocycles. The summed E-state index contributed by atoms with van der Waals surface area (Å²) in [5.74, 6) is -0.697. The van der Waals surface area contributed by atoms with E-state index in [9.17, 15) is 43.2 Å². The number of carbonyl (C=O) groups is 4. The van der Waals surface area contributed by atoms with E-state index in [1.165, 1.54) is 128 Å². The Morgan fingerprint density at radius 2 is 0.548 bits per heavy atom. The summed E-state index contributed by atoms with van der Waals surface area (Å²) in [6, 6.07) is 0. The van der Waals surface area contributed by atoms with Gasteiger partial charge in [-0.05, 0) is 37.5 Å². The van der Waals surface area contributed by atoms with Crippen molar-refractivity contribution in [3.8, 4) is 0 Å². The minimum Gasteiger partial charge on any atom is -0.462 e. The number of carbonyl (C=O) groups excluding carboxylic acids is 4. The lowest BCUT2D eigenvalue weighted by atomic mass is 10.0. The second-order valence-electron chi connectivity index (χ2n) is 24.5. The number of phosphoric acid groups is 2. The third-order valence-corrected chi connectivity index (χ3v) is 16.9. The number of aliphatic hydroxyl groups is 1. The van der Waals surface area contributed by atoms with E-state index >= 15 is 0 Å². The molecule has 0 aliphatic rings. The van der Waals surface area contributed by atoms with Gasteiger partial charge in [-0.2, -0.15) is 0 Å². The van der Waals surface area contributed by atoms with Gasteiger partial charge in [-0.15, -0.1) is 0 Å². The number of unbranched alkanes of at least 4 members (excludes halogenated alkanes) is 34. The highest BCUT2D eigenvalue weighted by atomic mass is 31.2. The van der Waals surface area contributed by atoms with Crippen LogP contribution in [0.3, 0.4) is 0 Å². The van der Waals surface area contributed by atoms with Crippen LogP contribution in [0.5, 0.6) is 0 Å². The van der Waals surface area contributed by atoms with E-state index < -0.39 is 97.5 Å². The first-order chi connectivity index (χ1) is 40.4. The number of rotatable bonds is 64. The zero-order valence-corrected chi connectivity index (χ0v) is 56.0. The first-order valence-electron chi connectivity index (χ1n) is 34.0. The van der Waals surface area contributed by atoms with Crippen molar-refractivity contribution >= 4 is 39.5 Å². The Morgan fingerprint density at radius 3 is 0.810 bits per heavy atom. The number of ether oxygens (including phenoxy) is 4. The van der Waals surface area contributed by atoms with Gasteiger partial charge in [-0.3, -0.25) is 37.3 Å². The van der Waals surface area contributed by atoms with Gasteiger partial charge < -0.3 is 33.8 Å². The molecule has 0 heterocycles. The molecule has 0 aromatic rings. The summed E-state index contributed by atoms with van der Waals surface area (Å²) in [5.41, 5.74) is 0. The van der Waals surface area contributed by atoms with Crippen LogP contribution in [0, 0.1) is 11.8 Å². The Balaban J connectivity index is 5.21. The summed E-state index contributed by atoms with van der Waals surface area (Å²) < 4.78 is 68.0. The molecular weight excluding hydrogens is 1110 g/mol. The Morgan fingerprint density at radius 1 is 0.321 bits per heavy atom. The predicted octanol–water partition coefficient (Wildman–Crippen LogP) is 18.0. The molecule has 84 heavy (non-hydrogen) atoms. The van der Waals surface area contributed by atoms with Crippen LogP contribution in [0.25, 0.3) is 0 Å². The largest absolute Gasteiger partial charge is 0.472 e. The number of aliphatic hydroxyl groups excluding tert-OH is 1. The Kier molecular flexibility index (Phi) is 56.2. The van der Waals surface area contributed by atoms with E-state index in [2.05, 4.69) is 41.5 Å². The molecule has 2 unspecified atom stereocenters. The lowest BCUT2D eigenvalue weighted by molar-refractivity contribution is -0.161. The van der Waals surface area contributed by atoms with Crippen molar-refractivity contribution in [2.45, 2.75) is 342 Å². The van der Waals surface area contributed by atoms with Crippen molar-refractivity contribution in [3.05, 3.63) is 0 Å². The first kappa shape index (κ1) is 82.1. The lowest BCUT2D eigenvalue weighted by Crippen LogP contribution is -2.30. The molecule has 0 spiro atoms. The smallest absolute Gasteiger partial charge is 0.462 e. The molecule has 5 atom stereocenters. The van der Waals surface area contributed by atoms with Crippen LogP contribution in [-0.4, -0.2) is 96.7 Å². The molecule has 0 saturated carbocycles. The monoisotopic (exact) mass is 1240 g/mol. The van der Waals surface area contributed by atoms with Gasteiger partial charge >= 0.3 is 39.5 Å². The van der Waals surface area contributed by atoms with Crippen LogP contribution in [0.1, 0.15) is 324 Å². The number of esters is 4. The van der Waals surface area contributed by atoms with Gasteiger partial charge in [0.2, 0.25) is 0 Å². The topological polar surface area (TPSA) is 237 Å². The average molecular weight is 1240 g/mol. The highest BCUT2D eigenvalue weighted by Crippen LogP contribution is 2.45. The van der Waals surface area contributed by atoms with Gasteiger partial charge in [0.05, 0.1) is 26.4 Å². The van der Waals surface area contributed by atoms with Gasteiger partial charge in [-0.25, -0.2) is 9.13 Å². The molecule has 0 aromatic heterocycles. The summed E-state index contributed by atoms with van der Waals surface area (Å²) in [5, 5.41) is 10.5. The third kappa shape index (κ3) is 59.0. The highest BCUT2D eigenvalue weighted by molar-refractivity contribution is 7.47. The molecule has 17 nitrogen and oxygen atoms in total. The summed E-state index contributed by atoms with van der Waals surface area (Å²) in [7, 11) is -9.88. The third-order valence-electron chi connectivity index (χ3n) is 15.0. The molecule has 3 N–H and O–H groups in total. The van der Waals surface area contributed by atoms with E-state index in [1.54, 1.807) is 0 Å². The average Bonchev–Trinajstić information content (AvgIpc) is 3.65. The molecule has 19 heteroatoms. The maximum absolute atomic E-state index is 13.0. The Bertz CT molecular complexity index is 1650. The summed E-state index contributed by atoms with van der Waals surface area (Å²) in [6.07, 6.45) is 40.5. The Hall–Kier alpha value is -1.94. The van der Waals surface area contributed by atoms with Gasteiger partial charge in [0.25, 0.3) is 0 Å². The van der Waals surface area contributed by atoms with Gasteiger partial charge in [0, 0.05) is 25.7 Å². The normalized spacial score (nSPS) is 14.3. The SMILES string of the molecule is CCCCCCCCCCCCCCCCCC(=O)O[C@H](COC(=O)CCCCCCCCCCCC(C)C)COP(=O)(O)OC[C@@H](O)COP(=O)(O)OC[C@@H](COC(=O)CCCCCCCCC)OC(=O)CCCCCCCCCC(C)C. The van der Waals surface area contributed by atoms with E-state index in [4.69, 9.17) is 37.0 Å². The van der Waals surface area contributed by atoms with Gasteiger partial charge in [-0.1, -0.05) is 273 Å². The van der Waals surface area contributed by atoms with Crippen molar-refractivity contribution < 1.29 is 80.2 Å². The van der Waals surface area contributed by atoms with Crippen LogP contribution in [-0.2, 0) is 65.4 Å². The van der Waals surface area contributed by atoms with Crippen molar-refractivity contribution in [2.24, 2.45) is 11.8 Å². The minimum absolute atomic E-state index is 0.103. The van der Waals surface area contributed by atoms with Crippen LogP contribution in [0.15, 0.2) is 0 Å². The number of phosphoric ester groups is 2. The fourth-order valence-electron chi connectivity index (χ4n) is 9.71. The van der Waals surface area contributed by atoms with Crippen LogP contribution >= 0.6 is 15.6 Å². The van der Waals surface area contributed by atoms with Crippen molar-refractivity contribution in [2.75, 3.05) is 39.6 Å². The number of hydrogen-bond acceptors (Lipinski definition) is 15. The maximum atomic E-state index is 13.0. The second kappa shape index (κ2) is 57.5. The van der Waals surface area contributed by atoms with E-state index in [0.29, 0.717) is 31.6 Å². The van der Waals surface area contributed by atoms with Crippen LogP contribution < -0.4 is 0 Å². The van der Waals surface area contributed by atoms with Crippen molar-refractivity contribution in [1.29, 1.82) is 0 Å². The fourth-order valence-corrected chi connectivity index (χ4v) is 11.3. The van der Waals surface area contributed by atoms with Gasteiger partial charge in [0.15, 0.2) is 12.2 Å². The molecule has 0 aromatic carbocycles. The standard InChI is InChI=1S/C65H126O17P2/c1-7-9-11-13-15-16-17-18-19-20-21-24-31-37-43-49-64(69)81-61(54-76-63(68)48-42-36-30-25-22-23-28-33-39-45-57(3)4)56-80-84(73,74)78-52-59(66)51-77-83(71,72)79-55-60(53-75-62(67)47-41-35-27-14-12-10-8-2)82-65(70)50-44-38-32-26-29-34-40-46-58(5)6/h57-61,66H,7-56H2,1-6H3,(H,71,72)(H,73,74)/t59-,60+,61+/m0/s1. The van der Waals surface area contributed by atoms with E-state index in [1.807, 2.05) is 0 Å². The highest BCUT2D eigenvalue weighted by Gasteiger charge is 2.30. The number of hydrogen-bond donors (Lipinski definition) is 3. The zero-order valence-electron chi connectivity index (χ0n) is 54.2. The van der Waals surface area contributed by atoms with E-state index in [-0.39, 0.29) is 25.7 Å². The zero-order chi connectivity index (χ0) is 62.2. The minimum atomic E-state index is -4.95. The molecule has 0 saturated heterocycles. The molecule has 498 valence electrons. The first-order valence-corrected chi connectivity index (χ1v) is 37.0. The lowest BCUT2D eigenvalue weighted by Gasteiger charge is -2.21. The second-order valence-corrected chi connectivity index (χ2v) is 27.4. The summed E-state index contributed by atoms with van der Waals surface area (Å²) in [6.45, 7) is 9.39. The molecule has 0 radical (unpaired) electrons. The van der Waals surface area contributed by atoms with Gasteiger partial charge in [0.1, 0.15) is 19.3 Å². The molecule has 0 amide bonds. The molecular formula is C65H126O17P2. The van der Waals surface area contributed by atoms with Crippen molar-refractivity contribution in [1.82, 2.24) is 0 Å². The fraction of sp³-hybridized carbons (Fsp3) is 0.938. The quantitative estimate of drug-likeness (QED) is 0.0222. The summed E-state index contributed by atoms with van der Waals surface area (Å²) >= 11 is 0. The maximum Gasteiger partial charge on any atom is 0.472 e. The molecule has 0 rings (SSSR count). The molecule has 0 fully saturated rings. The molecule has 0 bridgehead atoms. The Labute approximate surface area is 511 Å². The summed E-state index contributed by atoms with van der Waals surface area (Å²) in [4.78, 5) is 72.1. The van der Waals surface area contributed by atoms with E-state index in [0.717, 1.165) is 109 Å². The predicted molar refractivity (Wildman–Crippen MR) is 335 cm³/mol. The van der Waals surface area contributed by atoms with Crippen LogP contribution in [0.4, 0.5) is 0 Å².